The summed E-state index contributed by atoms with van der Waals surface area (Å²) >= 11 is 0. The van der Waals surface area contributed by atoms with Crippen molar-refractivity contribution in [3.05, 3.63) is 35.9 Å². The molecule has 6 nitrogen and oxygen atoms in total. The zero-order valence-electron chi connectivity index (χ0n) is 16.2. The highest BCUT2D eigenvalue weighted by Gasteiger charge is 2.56. The second kappa shape index (κ2) is 7.57. The fourth-order valence-electron chi connectivity index (χ4n) is 5.35. The third kappa shape index (κ3) is 3.40. The van der Waals surface area contributed by atoms with Gasteiger partial charge in [0.25, 0.3) is 0 Å². The van der Waals surface area contributed by atoms with Crippen LogP contribution in [-0.2, 0) is 20.8 Å². The summed E-state index contributed by atoms with van der Waals surface area (Å²) in [7, 11) is 0. The highest BCUT2D eigenvalue weighted by molar-refractivity contribution is 5.84. The van der Waals surface area contributed by atoms with Crippen LogP contribution in [0.3, 0.4) is 0 Å². The topological polar surface area (TPSA) is 77.9 Å². The van der Waals surface area contributed by atoms with E-state index in [1.165, 1.54) is 0 Å². The van der Waals surface area contributed by atoms with Crippen LogP contribution in [0.1, 0.15) is 37.7 Å². The molecule has 1 aromatic carbocycles. The third-order valence-electron chi connectivity index (χ3n) is 6.93. The molecule has 6 heteroatoms. The Bertz CT molecular complexity index is 765. The molecule has 2 amide bonds. The highest BCUT2D eigenvalue weighted by atomic mass is 16.4. The van der Waals surface area contributed by atoms with Gasteiger partial charge in [-0.3, -0.25) is 14.4 Å². The standard InChI is InChI=1S/C22H28N2O4/c25-19(12-16-6-2-1-3-7-16)23-11-5-8-17(13-23)20(26)24-14-18-9-4-10-22(18,15-24)21(27)28/h1-3,6-7,17-18H,4-5,8-15H2,(H,27,28)/t17?,18-,22+/m0/s1. The maximum atomic E-state index is 13.1. The molecule has 1 saturated carbocycles. The molecule has 2 saturated heterocycles. The van der Waals surface area contributed by atoms with Gasteiger partial charge in [0.1, 0.15) is 0 Å². The van der Waals surface area contributed by atoms with Crippen molar-refractivity contribution >= 4 is 17.8 Å². The second-order valence-electron chi connectivity index (χ2n) is 8.61. The molecule has 3 atom stereocenters. The third-order valence-corrected chi connectivity index (χ3v) is 6.93. The number of hydrogen-bond acceptors (Lipinski definition) is 3. The molecule has 1 aromatic rings. The number of amides is 2. The number of carbonyl (C=O) groups excluding carboxylic acids is 2. The predicted octanol–water partition coefficient (Wildman–Crippen LogP) is 2.18. The molecule has 150 valence electrons. The van der Waals surface area contributed by atoms with E-state index in [0.29, 0.717) is 39.0 Å². The van der Waals surface area contributed by atoms with Crippen molar-refractivity contribution in [2.75, 3.05) is 26.2 Å². The van der Waals surface area contributed by atoms with Crippen LogP contribution in [0.25, 0.3) is 0 Å². The van der Waals surface area contributed by atoms with Gasteiger partial charge in [-0.25, -0.2) is 0 Å². The van der Waals surface area contributed by atoms with E-state index in [9.17, 15) is 19.5 Å². The summed E-state index contributed by atoms with van der Waals surface area (Å²) < 4.78 is 0. The zero-order valence-corrected chi connectivity index (χ0v) is 16.2. The summed E-state index contributed by atoms with van der Waals surface area (Å²) in [5.41, 5.74) is 0.240. The summed E-state index contributed by atoms with van der Waals surface area (Å²) in [6.07, 6.45) is 4.44. The lowest BCUT2D eigenvalue weighted by Gasteiger charge is -2.34. The lowest BCUT2D eigenvalue weighted by Crippen LogP contribution is -2.47. The number of fused-ring (bicyclic) bond motifs is 1. The van der Waals surface area contributed by atoms with Crippen LogP contribution in [0, 0.1) is 17.3 Å². The van der Waals surface area contributed by atoms with Crippen molar-refractivity contribution in [2.45, 2.75) is 38.5 Å². The predicted molar refractivity (Wildman–Crippen MR) is 103 cm³/mol. The smallest absolute Gasteiger partial charge is 0.311 e. The van der Waals surface area contributed by atoms with Gasteiger partial charge >= 0.3 is 5.97 Å². The molecule has 1 unspecified atom stereocenters. The number of nitrogens with zero attached hydrogens (tertiary/aromatic N) is 2. The number of hydrogen-bond donors (Lipinski definition) is 1. The SMILES string of the molecule is O=C(Cc1ccccc1)N1CCCC(C(=O)N2C[C@@H]3CCC[C@@]3(C(=O)O)C2)C1. The summed E-state index contributed by atoms with van der Waals surface area (Å²) in [6, 6.07) is 9.66. The lowest BCUT2D eigenvalue weighted by atomic mass is 9.81. The van der Waals surface area contributed by atoms with Crippen molar-refractivity contribution in [1.82, 2.24) is 9.80 Å². The first-order valence-corrected chi connectivity index (χ1v) is 10.3. The van der Waals surface area contributed by atoms with Crippen LogP contribution in [-0.4, -0.2) is 58.9 Å². The first-order chi connectivity index (χ1) is 13.5. The first kappa shape index (κ1) is 19.0. The molecule has 3 fully saturated rings. The molecular weight excluding hydrogens is 356 g/mol. The van der Waals surface area contributed by atoms with Crippen LogP contribution in [0.2, 0.25) is 0 Å². The van der Waals surface area contributed by atoms with E-state index in [-0.39, 0.29) is 23.7 Å². The fraction of sp³-hybridized carbons (Fsp3) is 0.591. The van der Waals surface area contributed by atoms with E-state index >= 15 is 0 Å². The first-order valence-electron chi connectivity index (χ1n) is 10.3. The Labute approximate surface area is 165 Å². The Morgan fingerprint density at radius 2 is 1.82 bits per heavy atom. The average molecular weight is 384 g/mol. The highest BCUT2D eigenvalue weighted by Crippen LogP contribution is 2.49. The fourth-order valence-corrected chi connectivity index (χ4v) is 5.35. The van der Waals surface area contributed by atoms with Gasteiger partial charge in [0.15, 0.2) is 0 Å². The summed E-state index contributed by atoms with van der Waals surface area (Å²) in [5.74, 6) is -0.795. The molecule has 0 aromatic heterocycles. The maximum Gasteiger partial charge on any atom is 0.311 e. The molecule has 28 heavy (non-hydrogen) atoms. The largest absolute Gasteiger partial charge is 0.481 e. The van der Waals surface area contributed by atoms with Gasteiger partial charge in [-0.1, -0.05) is 36.8 Å². The van der Waals surface area contributed by atoms with Gasteiger partial charge < -0.3 is 14.9 Å². The molecule has 4 rings (SSSR count). The van der Waals surface area contributed by atoms with E-state index < -0.39 is 11.4 Å². The molecule has 3 aliphatic rings. The van der Waals surface area contributed by atoms with Gasteiger partial charge in [0, 0.05) is 26.2 Å². The zero-order chi connectivity index (χ0) is 19.7. The second-order valence-corrected chi connectivity index (χ2v) is 8.61. The summed E-state index contributed by atoms with van der Waals surface area (Å²) in [5, 5.41) is 9.75. The number of rotatable bonds is 4. The molecule has 0 spiro atoms. The van der Waals surface area contributed by atoms with Crippen LogP contribution in [0.15, 0.2) is 30.3 Å². The number of carboxylic acid groups (broad SMARTS) is 1. The van der Waals surface area contributed by atoms with E-state index in [1.54, 1.807) is 4.90 Å². The number of piperidine rings is 1. The summed E-state index contributed by atoms with van der Waals surface area (Å²) in [6.45, 7) is 2.03. The number of carbonyl (C=O) groups is 3. The molecule has 0 bridgehead atoms. The number of carboxylic acids is 1. The minimum atomic E-state index is -0.756. The van der Waals surface area contributed by atoms with Gasteiger partial charge in [0.2, 0.25) is 11.8 Å². The van der Waals surface area contributed by atoms with Crippen LogP contribution in [0.4, 0.5) is 0 Å². The average Bonchev–Trinajstić information content (AvgIpc) is 3.27. The van der Waals surface area contributed by atoms with E-state index in [1.807, 2.05) is 35.2 Å². The molecular formula is C22H28N2O4. The van der Waals surface area contributed by atoms with Crippen molar-refractivity contribution in [2.24, 2.45) is 17.3 Å². The maximum absolute atomic E-state index is 13.1. The molecule has 0 radical (unpaired) electrons. The molecule has 1 aliphatic carbocycles. The van der Waals surface area contributed by atoms with E-state index in [2.05, 4.69) is 0 Å². The Balaban J connectivity index is 1.39. The Kier molecular flexibility index (Phi) is 5.13. The summed E-state index contributed by atoms with van der Waals surface area (Å²) in [4.78, 5) is 41.3. The van der Waals surface area contributed by atoms with E-state index in [0.717, 1.165) is 31.2 Å². The molecule has 1 N–H and O–H groups in total. The minimum Gasteiger partial charge on any atom is -0.481 e. The number of likely N-dealkylation sites (tertiary alicyclic amines) is 2. The van der Waals surface area contributed by atoms with Crippen LogP contribution < -0.4 is 0 Å². The monoisotopic (exact) mass is 384 g/mol. The lowest BCUT2D eigenvalue weighted by molar-refractivity contribution is -0.149. The van der Waals surface area contributed by atoms with Gasteiger partial charge in [-0.2, -0.15) is 0 Å². The van der Waals surface area contributed by atoms with Gasteiger partial charge in [-0.15, -0.1) is 0 Å². The van der Waals surface area contributed by atoms with Gasteiger partial charge in [-0.05, 0) is 37.2 Å². The number of benzene rings is 1. The molecule has 2 heterocycles. The van der Waals surface area contributed by atoms with Crippen LogP contribution >= 0.6 is 0 Å². The minimum absolute atomic E-state index is 0.0345. The van der Waals surface area contributed by atoms with Crippen LogP contribution in [0.5, 0.6) is 0 Å². The Hall–Kier alpha value is -2.37. The quantitative estimate of drug-likeness (QED) is 0.863. The van der Waals surface area contributed by atoms with Crippen molar-refractivity contribution in [3.63, 3.8) is 0 Å². The Morgan fingerprint density at radius 3 is 2.54 bits per heavy atom. The van der Waals surface area contributed by atoms with E-state index in [4.69, 9.17) is 0 Å². The van der Waals surface area contributed by atoms with Gasteiger partial charge in [0.05, 0.1) is 17.8 Å². The molecule has 2 aliphatic heterocycles. The van der Waals surface area contributed by atoms with Crippen molar-refractivity contribution in [3.8, 4) is 0 Å². The van der Waals surface area contributed by atoms with Crippen molar-refractivity contribution in [1.29, 1.82) is 0 Å². The number of aliphatic carboxylic acids is 1. The normalized spacial score (nSPS) is 29.6. The van der Waals surface area contributed by atoms with Crippen molar-refractivity contribution < 1.29 is 19.5 Å². The Morgan fingerprint density at radius 1 is 1.04 bits per heavy atom.